The highest BCUT2D eigenvalue weighted by atomic mass is 16.2. The van der Waals surface area contributed by atoms with Crippen molar-refractivity contribution in [1.29, 1.82) is 0 Å². The third-order valence-corrected chi connectivity index (χ3v) is 4.46. The van der Waals surface area contributed by atoms with Crippen molar-refractivity contribution in [2.24, 2.45) is 0 Å². The Labute approximate surface area is 134 Å². The first kappa shape index (κ1) is 14.2. The van der Waals surface area contributed by atoms with Crippen LogP contribution in [0.3, 0.4) is 0 Å². The smallest absolute Gasteiger partial charge is 0.321 e. The van der Waals surface area contributed by atoms with Gasteiger partial charge in [0.05, 0.1) is 11.9 Å². The van der Waals surface area contributed by atoms with Gasteiger partial charge in [-0.3, -0.25) is 5.32 Å². The van der Waals surface area contributed by atoms with E-state index in [1.807, 2.05) is 30.3 Å². The van der Waals surface area contributed by atoms with Crippen LogP contribution in [0.1, 0.15) is 19.3 Å². The van der Waals surface area contributed by atoms with Crippen molar-refractivity contribution in [2.45, 2.75) is 31.3 Å². The van der Waals surface area contributed by atoms with Gasteiger partial charge < -0.3 is 10.2 Å². The summed E-state index contributed by atoms with van der Waals surface area (Å²) in [6.07, 6.45) is 5.43. The molecule has 1 aromatic heterocycles. The molecule has 2 amide bonds. The van der Waals surface area contributed by atoms with E-state index in [9.17, 15) is 4.79 Å². The molecule has 0 bridgehead atoms. The third kappa shape index (κ3) is 3.05. The Hall–Kier alpha value is -2.41. The van der Waals surface area contributed by atoms with Crippen molar-refractivity contribution < 1.29 is 4.79 Å². The van der Waals surface area contributed by atoms with Crippen molar-refractivity contribution in [3.05, 3.63) is 36.5 Å². The molecule has 23 heavy (non-hydrogen) atoms. The maximum absolute atomic E-state index is 12.2. The monoisotopic (exact) mass is 312 g/mol. The second kappa shape index (κ2) is 6.00. The number of nitrogens with one attached hydrogen (secondary N) is 2. The van der Waals surface area contributed by atoms with E-state index in [0.717, 1.165) is 18.8 Å². The van der Waals surface area contributed by atoms with Crippen molar-refractivity contribution >= 4 is 11.8 Å². The van der Waals surface area contributed by atoms with E-state index in [1.165, 1.54) is 24.1 Å². The molecule has 1 saturated carbocycles. The second-order valence-corrected chi connectivity index (χ2v) is 6.18. The quantitative estimate of drug-likeness (QED) is 0.900. The molecule has 4 rings (SSSR count). The van der Waals surface area contributed by atoms with Crippen LogP contribution in [-0.2, 0) is 0 Å². The Kier molecular flexibility index (Phi) is 3.70. The summed E-state index contributed by atoms with van der Waals surface area (Å²) in [5, 5.41) is 14.8. The van der Waals surface area contributed by atoms with Gasteiger partial charge in [-0.15, -0.1) is 9.90 Å². The minimum atomic E-state index is -0.114. The molecule has 2 heterocycles. The number of aromatic nitrogens is 3. The van der Waals surface area contributed by atoms with Gasteiger partial charge in [-0.2, -0.15) is 5.10 Å². The van der Waals surface area contributed by atoms with E-state index in [2.05, 4.69) is 20.8 Å². The minimum absolute atomic E-state index is 0.114. The molecule has 2 N–H and O–H groups in total. The largest absolute Gasteiger partial charge is 0.323 e. The number of carbonyl (C=O) groups excluding carboxylic acids is 1. The van der Waals surface area contributed by atoms with Crippen molar-refractivity contribution in [3.63, 3.8) is 0 Å². The fourth-order valence-corrected chi connectivity index (χ4v) is 2.85. The zero-order chi connectivity index (χ0) is 15.6. The maximum Gasteiger partial charge on any atom is 0.323 e. The molecule has 0 spiro atoms. The Morgan fingerprint density at radius 1 is 1.13 bits per heavy atom. The fraction of sp³-hybridized carbons (Fsp3) is 0.438. The van der Waals surface area contributed by atoms with Gasteiger partial charge in [0.2, 0.25) is 0 Å². The standard InChI is InChI=1S/C16H20N6O/c23-16(21-10-13(11-21)18-12-5-4-6-12)19-15-9-17-22(20-15)14-7-2-1-3-8-14/h1-3,7-9,12-13,18H,4-6,10-11H2,(H,19,20,23). The van der Waals surface area contributed by atoms with Crippen molar-refractivity contribution in [2.75, 3.05) is 18.4 Å². The molecule has 2 aliphatic rings. The Morgan fingerprint density at radius 3 is 2.61 bits per heavy atom. The van der Waals surface area contributed by atoms with Crippen LogP contribution in [0.25, 0.3) is 5.69 Å². The highest BCUT2D eigenvalue weighted by Gasteiger charge is 2.33. The van der Waals surface area contributed by atoms with Crippen LogP contribution >= 0.6 is 0 Å². The van der Waals surface area contributed by atoms with Crippen molar-refractivity contribution in [1.82, 2.24) is 25.2 Å². The average molecular weight is 312 g/mol. The first-order valence-electron chi connectivity index (χ1n) is 8.08. The maximum atomic E-state index is 12.2. The topological polar surface area (TPSA) is 75.1 Å². The van der Waals surface area contributed by atoms with Crippen molar-refractivity contribution in [3.8, 4) is 5.69 Å². The molecule has 0 atom stereocenters. The van der Waals surface area contributed by atoms with Crippen LogP contribution < -0.4 is 10.6 Å². The molecule has 0 radical (unpaired) electrons. The predicted octanol–water partition coefficient (Wildman–Crippen LogP) is 1.63. The van der Waals surface area contributed by atoms with E-state index < -0.39 is 0 Å². The summed E-state index contributed by atoms with van der Waals surface area (Å²) < 4.78 is 0. The zero-order valence-electron chi connectivity index (χ0n) is 12.9. The SMILES string of the molecule is O=C(Nc1cnn(-c2ccccc2)n1)N1CC(NC2CCC2)C1. The number of para-hydroxylation sites is 1. The molecule has 0 unspecified atom stereocenters. The van der Waals surface area contributed by atoms with E-state index in [4.69, 9.17) is 0 Å². The van der Waals surface area contributed by atoms with E-state index in [1.54, 1.807) is 11.1 Å². The summed E-state index contributed by atoms with van der Waals surface area (Å²) >= 11 is 0. The van der Waals surface area contributed by atoms with Gasteiger partial charge in [-0.1, -0.05) is 24.6 Å². The van der Waals surface area contributed by atoms with Gasteiger partial charge in [-0.25, -0.2) is 4.79 Å². The lowest BCUT2D eigenvalue weighted by atomic mass is 9.91. The number of hydrogen-bond donors (Lipinski definition) is 2. The van der Waals surface area contributed by atoms with Gasteiger partial charge in [0.25, 0.3) is 0 Å². The summed E-state index contributed by atoms with van der Waals surface area (Å²) in [4.78, 5) is 15.5. The predicted molar refractivity (Wildman–Crippen MR) is 86.5 cm³/mol. The minimum Gasteiger partial charge on any atom is -0.321 e. The number of rotatable bonds is 4. The molecule has 1 aliphatic heterocycles. The summed E-state index contributed by atoms with van der Waals surface area (Å²) in [6.45, 7) is 1.52. The van der Waals surface area contributed by atoms with E-state index in [-0.39, 0.29) is 6.03 Å². The number of anilines is 1. The number of hydrogen-bond acceptors (Lipinski definition) is 4. The van der Waals surface area contributed by atoms with Gasteiger partial charge in [0.1, 0.15) is 0 Å². The van der Waals surface area contributed by atoms with Crippen LogP contribution in [0, 0.1) is 0 Å². The molecule has 7 nitrogen and oxygen atoms in total. The molecule has 1 aromatic carbocycles. The average Bonchev–Trinajstić information content (AvgIpc) is 2.93. The van der Waals surface area contributed by atoms with Crippen LogP contribution in [0.5, 0.6) is 0 Å². The lowest BCUT2D eigenvalue weighted by Crippen LogP contribution is -2.63. The van der Waals surface area contributed by atoms with Crippen LogP contribution in [0.2, 0.25) is 0 Å². The molecule has 2 fully saturated rings. The normalized spacial score (nSPS) is 18.3. The molecular formula is C16H20N6O. The molecule has 1 aliphatic carbocycles. The Morgan fingerprint density at radius 2 is 1.91 bits per heavy atom. The first-order chi connectivity index (χ1) is 11.3. The van der Waals surface area contributed by atoms with Gasteiger partial charge in [-0.05, 0) is 25.0 Å². The van der Waals surface area contributed by atoms with Gasteiger partial charge in [0, 0.05) is 25.2 Å². The molecule has 7 heteroatoms. The van der Waals surface area contributed by atoms with Gasteiger partial charge >= 0.3 is 6.03 Å². The summed E-state index contributed by atoms with van der Waals surface area (Å²) in [5.41, 5.74) is 0.863. The fourth-order valence-electron chi connectivity index (χ4n) is 2.85. The second-order valence-electron chi connectivity index (χ2n) is 6.18. The van der Waals surface area contributed by atoms with Crippen LogP contribution in [0.15, 0.2) is 36.5 Å². The van der Waals surface area contributed by atoms with Gasteiger partial charge in [0.15, 0.2) is 5.82 Å². The number of benzene rings is 1. The molecular weight excluding hydrogens is 292 g/mol. The molecule has 2 aromatic rings. The number of likely N-dealkylation sites (tertiary alicyclic amines) is 1. The van der Waals surface area contributed by atoms with Crippen LogP contribution in [0.4, 0.5) is 10.6 Å². The first-order valence-corrected chi connectivity index (χ1v) is 8.08. The third-order valence-electron chi connectivity index (χ3n) is 4.46. The molecule has 1 saturated heterocycles. The Balaban J connectivity index is 1.29. The number of amides is 2. The lowest BCUT2D eigenvalue weighted by Gasteiger charge is -2.43. The summed E-state index contributed by atoms with van der Waals surface area (Å²) in [7, 11) is 0. The highest BCUT2D eigenvalue weighted by Crippen LogP contribution is 2.21. The number of carbonyl (C=O) groups is 1. The number of nitrogens with zero attached hydrogens (tertiary/aromatic N) is 4. The summed E-state index contributed by atoms with van der Waals surface area (Å²) in [5.74, 6) is 0.467. The highest BCUT2D eigenvalue weighted by molar-refractivity contribution is 5.88. The number of urea groups is 1. The molecule has 120 valence electrons. The zero-order valence-corrected chi connectivity index (χ0v) is 12.9. The van der Waals surface area contributed by atoms with E-state index in [0.29, 0.717) is 17.9 Å². The lowest BCUT2D eigenvalue weighted by molar-refractivity contribution is 0.132. The van der Waals surface area contributed by atoms with E-state index >= 15 is 0 Å². The Bertz CT molecular complexity index is 675. The summed E-state index contributed by atoms with van der Waals surface area (Å²) in [6, 6.07) is 10.6. The van der Waals surface area contributed by atoms with Crippen LogP contribution in [-0.4, -0.2) is 51.1 Å².